The number of carbonyl (C=O) groups excluding carboxylic acids is 2. The third-order valence-electron chi connectivity index (χ3n) is 3.40. The highest BCUT2D eigenvalue weighted by atomic mass is 35.5. The number of hydrogen-bond donors (Lipinski definition) is 3. The van der Waals surface area contributed by atoms with Crippen LogP contribution in [0.1, 0.15) is 18.4 Å². The number of phenolic OH excluding ortho intramolecular Hbond substituents is 1. The van der Waals surface area contributed by atoms with Crippen LogP contribution in [0, 0.1) is 10.1 Å². The van der Waals surface area contributed by atoms with E-state index in [4.69, 9.17) is 23.2 Å². The minimum atomic E-state index is -0.624. The number of nitrogens with zero attached hydrogens (tertiary/aromatic N) is 2. The third kappa shape index (κ3) is 6.22. The van der Waals surface area contributed by atoms with Gasteiger partial charge in [0.2, 0.25) is 11.8 Å². The minimum Gasteiger partial charge on any atom is -0.507 e. The molecule has 2 aromatic rings. The van der Waals surface area contributed by atoms with Gasteiger partial charge in [0, 0.05) is 35.6 Å². The van der Waals surface area contributed by atoms with E-state index in [9.17, 15) is 24.8 Å². The predicted molar refractivity (Wildman–Crippen MR) is 105 cm³/mol. The molecule has 0 fully saturated rings. The molecule has 3 N–H and O–H groups in total. The number of non-ortho nitro benzene ring substituents is 1. The maximum Gasteiger partial charge on any atom is 0.270 e. The number of amides is 2. The molecule has 28 heavy (non-hydrogen) atoms. The number of rotatable bonds is 7. The molecule has 2 amide bonds. The van der Waals surface area contributed by atoms with Gasteiger partial charge in [-0.15, -0.1) is 0 Å². The van der Waals surface area contributed by atoms with Crippen LogP contribution in [-0.4, -0.2) is 28.1 Å². The van der Waals surface area contributed by atoms with Crippen LogP contribution in [0.4, 0.5) is 11.4 Å². The van der Waals surface area contributed by atoms with Crippen LogP contribution in [0.5, 0.6) is 5.75 Å². The van der Waals surface area contributed by atoms with E-state index in [2.05, 4.69) is 15.8 Å². The maximum absolute atomic E-state index is 11.9. The number of nitrogens with one attached hydrogen (secondary N) is 2. The molecule has 11 heteroatoms. The molecular weight excluding hydrogens is 411 g/mol. The normalized spacial score (nSPS) is 10.6. The number of aromatic hydroxyl groups is 1. The van der Waals surface area contributed by atoms with Crippen molar-refractivity contribution in [3.8, 4) is 5.75 Å². The standard InChI is InChI=1S/C17H14Cl2N4O5/c18-11-1-3-14(13(19)8-11)21-16(25)5-6-17(26)22-20-9-10-7-12(23(27)28)2-4-15(10)24/h1-4,7-9,24H,5-6H2,(H,21,25)(H,22,26)/b20-9+. The minimum absolute atomic E-state index is 0.0598. The molecule has 0 aliphatic carbocycles. The molecule has 0 radical (unpaired) electrons. The predicted octanol–water partition coefficient (Wildman–Crippen LogP) is 3.48. The van der Waals surface area contributed by atoms with E-state index < -0.39 is 16.7 Å². The molecule has 2 rings (SSSR count). The third-order valence-corrected chi connectivity index (χ3v) is 3.95. The zero-order chi connectivity index (χ0) is 20.7. The number of carbonyl (C=O) groups is 2. The molecule has 0 aliphatic rings. The Kier molecular flexibility index (Phi) is 7.30. The quantitative estimate of drug-likeness (QED) is 0.355. The summed E-state index contributed by atoms with van der Waals surface area (Å²) in [5.74, 6) is -1.22. The van der Waals surface area contributed by atoms with Crippen LogP contribution in [0.2, 0.25) is 10.0 Å². The zero-order valence-corrected chi connectivity index (χ0v) is 15.7. The van der Waals surface area contributed by atoms with E-state index in [0.29, 0.717) is 10.7 Å². The SMILES string of the molecule is O=C(CCC(=O)Nc1ccc(Cl)cc1Cl)N/N=C/c1cc([N+](=O)[O-])ccc1O. The second-order valence-corrected chi connectivity index (χ2v) is 6.31. The molecule has 0 spiro atoms. The topological polar surface area (TPSA) is 134 Å². The van der Waals surface area contributed by atoms with Crippen LogP contribution in [0.15, 0.2) is 41.5 Å². The smallest absolute Gasteiger partial charge is 0.270 e. The van der Waals surface area contributed by atoms with Gasteiger partial charge in [-0.1, -0.05) is 23.2 Å². The summed E-state index contributed by atoms with van der Waals surface area (Å²) < 4.78 is 0. The van der Waals surface area contributed by atoms with Crippen molar-refractivity contribution in [1.82, 2.24) is 5.43 Å². The first-order valence-corrected chi connectivity index (χ1v) is 8.56. The van der Waals surface area contributed by atoms with Gasteiger partial charge in [-0.25, -0.2) is 5.43 Å². The van der Waals surface area contributed by atoms with Gasteiger partial charge in [-0.2, -0.15) is 5.10 Å². The fraction of sp³-hybridized carbons (Fsp3) is 0.118. The average Bonchev–Trinajstić information content (AvgIpc) is 2.63. The van der Waals surface area contributed by atoms with E-state index in [0.717, 1.165) is 24.4 Å². The van der Waals surface area contributed by atoms with Crippen LogP contribution in [-0.2, 0) is 9.59 Å². The summed E-state index contributed by atoms with van der Waals surface area (Å²) in [5, 5.41) is 27.2. The van der Waals surface area contributed by atoms with E-state index >= 15 is 0 Å². The second-order valence-electron chi connectivity index (χ2n) is 5.47. The summed E-state index contributed by atoms with van der Waals surface area (Å²) in [4.78, 5) is 33.7. The average molecular weight is 425 g/mol. The molecule has 0 bridgehead atoms. The Labute approximate surface area is 169 Å². The van der Waals surface area contributed by atoms with E-state index in [1.807, 2.05) is 0 Å². The fourth-order valence-corrected chi connectivity index (χ4v) is 2.47. The lowest BCUT2D eigenvalue weighted by Gasteiger charge is -2.07. The summed E-state index contributed by atoms with van der Waals surface area (Å²) in [6, 6.07) is 7.97. The van der Waals surface area contributed by atoms with E-state index in [-0.39, 0.29) is 34.9 Å². The van der Waals surface area contributed by atoms with Crippen LogP contribution in [0.25, 0.3) is 0 Å². The van der Waals surface area contributed by atoms with Crippen molar-refractivity contribution in [1.29, 1.82) is 0 Å². The van der Waals surface area contributed by atoms with Crippen molar-refractivity contribution in [2.24, 2.45) is 5.10 Å². The molecule has 9 nitrogen and oxygen atoms in total. The highest BCUT2D eigenvalue weighted by molar-refractivity contribution is 6.36. The first-order valence-electron chi connectivity index (χ1n) is 7.80. The van der Waals surface area contributed by atoms with Crippen molar-refractivity contribution < 1.29 is 19.6 Å². The number of nitro groups is 1. The monoisotopic (exact) mass is 424 g/mol. The maximum atomic E-state index is 11.9. The van der Waals surface area contributed by atoms with Crippen molar-refractivity contribution in [2.75, 3.05) is 5.32 Å². The number of anilines is 1. The lowest BCUT2D eigenvalue weighted by atomic mass is 10.2. The zero-order valence-electron chi connectivity index (χ0n) is 14.2. The Morgan fingerprint density at radius 1 is 1.14 bits per heavy atom. The highest BCUT2D eigenvalue weighted by Crippen LogP contribution is 2.25. The number of halogens is 2. The van der Waals surface area contributed by atoms with E-state index in [1.54, 1.807) is 12.1 Å². The first kappa shape index (κ1) is 21.1. The highest BCUT2D eigenvalue weighted by Gasteiger charge is 2.10. The summed E-state index contributed by atoms with van der Waals surface area (Å²) in [6.07, 6.45) is 0.783. The number of nitro benzene ring substituents is 1. The van der Waals surface area contributed by atoms with Crippen molar-refractivity contribution in [3.05, 3.63) is 62.1 Å². The van der Waals surface area contributed by atoms with Gasteiger partial charge in [0.15, 0.2) is 0 Å². The summed E-state index contributed by atoms with van der Waals surface area (Å²) in [6.45, 7) is 0. The van der Waals surface area contributed by atoms with Crippen molar-refractivity contribution in [3.63, 3.8) is 0 Å². The second kappa shape index (κ2) is 9.67. The Morgan fingerprint density at radius 3 is 2.54 bits per heavy atom. The number of benzene rings is 2. The van der Waals surface area contributed by atoms with Gasteiger partial charge >= 0.3 is 0 Å². The van der Waals surface area contributed by atoms with E-state index in [1.165, 1.54) is 6.07 Å². The number of hydrogen-bond acceptors (Lipinski definition) is 6. The van der Waals surface area contributed by atoms with Gasteiger partial charge in [0.25, 0.3) is 5.69 Å². The molecular formula is C17H14Cl2N4O5. The van der Waals surface area contributed by atoms with Crippen LogP contribution in [0.3, 0.4) is 0 Å². The molecule has 146 valence electrons. The molecule has 0 saturated carbocycles. The Balaban J connectivity index is 1.84. The molecule has 0 aliphatic heterocycles. The van der Waals surface area contributed by atoms with Gasteiger partial charge in [-0.3, -0.25) is 19.7 Å². The summed E-state index contributed by atoms with van der Waals surface area (Å²) >= 11 is 11.7. The number of phenols is 1. The van der Waals surface area contributed by atoms with Gasteiger partial charge < -0.3 is 10.4 Å². The fourth-order valence-electron chi connectivity index (χ4n) is 2.02. The molecule has 0 aromatic heterocycles. The molecule has 0 atom stereocenters. The largest absolute Gasteiger partial charge is 0.507 e. The van der Waals surface area contributed by atoms with Crippen LogP contribution >= 0.6 is 23.2 Å². The number of hydrazone groups is 1. The van der Waals surface area contributed by atoms with Crippen LogP contribution < -0.4 is 10.7 Å². The Morgan fingerprint density at radius 2 is 1.86 bits per heavy atom. The Bertz CT molecular complexity index is 949. The molecule has 0 saturated heterocycles. The summed E-state index contributed by atoms with van der Waals surface area (Å²) in [5.41, 5.74) is 2.37. The summed E-state index contributed by atoms with van der Waals surface area (Å²) in [7, 11) is 0. The molecule has 0 unspecified atom stereocenters. The lowest BCUT2D eigenvalue weighted by Crippen LogP contribution is -2.20. The lowest BCUT2D eigenvalue weighted by molar-refractivity contribution is -0.384. The molecule has 2 aromatic carbocycles. The van der Waals surface area contributed by atoms with Gasteiger partial charge in [0.05, 0.1) is 21.8 Å². The van der Waals surface area contributed by atoms with Gasteiger partial charge in [-0.05, 0) is 24.3 Å². The van der Waals surface area contributed by atoms with Crippen molar-refractivity contribution in [2.45, 2.75) is 12.8 Å². The van der Waals surface area contributed by atoms with Crippen molar-refractivity contribution >= 4 is 52.6 Å². The molecule has 0 heterocycles. The van der Waals surface area contributed by atoms with Gasteiger partial charge in [0.1, 0.15) is 5.75 Å². The Hall–Kier alpha value is -3.17. The first-order chi connectivity index (χ1) is 13.3.